The first-order valence-electron chi connectivity index (χ1n) is 30.1. The van der Waals surface area contributed by atoms with Crippen molar-refractivity contribution in [3.63, 3.8) is 0 Å². The minimum Gasteiger partial charge on any atom is -0.381 e. The number of carbonyl (C=O) groups is 10. The Morgan fingerprint density at radius 2 is 1.38 bits per heavy atom. The lowest BCUT2D eigenvalue weighted by atomic mass is 9.82. The Morgan fingerprint density at radius 1 is 0.714 bits per heavy atom. The molecule has 1 saturated carbocycles. The minimum atomic E-state index is -1.45. The fourth-order valence-corrected chi connectivity index (χ4v) is 12.0. The van der Waals surface area contributed by atoms with Crippen molar-refractivity contribution in [1.29, 1.82) is 0 Å². The van der Waals surface area contributed by atoms with E-state index in [-0.39, 0.29) is 82.1 Å². The molecule has 1 aromatic heterocycles. The van der Waals surface area contributed by atoms with Crippen LogP contribution in [-0.2, 0) is 60.7 Å². The van der Waals surface area contributed by atoms with E-state index < -0.39 is 95.9 Å². The number of nitrogens with one attached hydrogen (secondary N) is 7. The monoisotopic (exact) mass is 1170 g/mol. The second-order valence-corrected chi connectivity index (χ2v) is 23.4. The molecule has 4 bridgehead atoms. The van der Waals surface area contributed by atoms with Gasteiger partial charge in [0.25, 0.3) is 5.91 Å². The molecule has 9 N–H and O–H groups in total. The van der Waals surface area contributed by atoms with Crippen molar-refractivity contribution in [3.05, 3.63) is 71.2 Å². The Bertz CT molecular complexity index is 2820. The van der Waals surface area contributed by atoms with Crippen LogP contribution in [0.4, 0.5) is 4.39 Å². The van der Waals surface area contributed by atoms with Crippen molar-refractivity contribution < 1.29 is 57.1 Å². The van der Waals surface area contributed by atoms with Gasteiger partial charge in [-0.15, -0.1) is 0 Å². The second kappa shape index (κ2) is 30.9. The fourth-order valence-electron chi connectivity index (χ4n) is 12.0. The second-order valence-electron chi connectivity index (χ2n) is 23.4. The van der Waals surface area contributed by atoms with Crippen LogP contribution >= 0.6 is 0 Å². The molecule has 0 spiro atoms. The number of nitrogens with zero attached hydrogens (tertiary/aromatic N) is 3. The Hall–Kier alpha value is -7.43. The molecule has 8 rings (SSSR count). The molecule has 22 nitrogen and oxygen atoms in total. The highest BCUT2D eigenvalue weighted by Crippen LogP contribution is 2.34. The molecule has 3 fully saturated rings. The van der Waals surface area contributed by atoms with Gasteiger partial charge in [0.2, 0.25) is 53.2 Å². The number of nitrogens with two attached hydrogens (primary N) is 1. The van der Waals surface area contributed by atoms with Crippen LogP contribution in [0.3, 0.4) is 0 Å². The molecule has 10 amide bonds. The molecule has 1 aliphatic carbocycles. The van der Waals surface area contributed by atoms with Gasteiger partial charge in [0.05, 0.1) is 25.7 Å². The summed E-state index contributed by atoms with van der Waals surface area (Å²) < 4.78 is 20.3. The van der Waals surface area contributed by atoms with E-state index in [0.717, 1.165) is 38.5 Å². The van der Waals surface area contributed by atoms with E-state index in [2.05, 4.69) is 36.9 Å². The topological polar surface area (TPSA) is 304 Å². The highest BCUT2D eigenvalue weighted by atomic mass is 19.1. The smallest absolute Gasteiger partial charge is 0.251 e. The first-order valence-corrected chi connectivity index (χ1v) is 30.1. The van der Waals surface area contributed by atoms with E-state index in [1.807, 2.05) is 0 Å². The van der Waals surface area contributed by atoms with E-state index in [9.17, 15) is 52.3 Å². The van der Waals surface area contributed by atoms with Crippen molar-refractivity contribution in [2.75, 3.05) is 52.9 Å². The van der Waals surface area contributed by atoms with Crippen LogP contribution in [0.15, 0.2) is 48.7 Å². The third-order valence-corrected chi connectivity index (χ3v) is 17.1. The summed E-state index contributed by atoms with van der Waals surface area (Å²) in [6.07, 6.45) is 12.3. The van der Waals surface area contributed by atoms with Gasteiger partial charge >= 0.3 is 0 Å². The van der Waals surface area contributed by atoms with E-state index in [1.165, 1.54) is 33.8 Å². The SMILES string of the molecule is COC1CCC(C[C@@H]2NC(=O)[C@H](C)NC(=O)CN3CCCCCCCCCN(CC(=O)N[C@@H](Cc4c[nH]c5ccc(F)cc45)C3=O)C(=O)CNC(=O)CCCCCNC(=O)c3ccc(cc3)C[C@@H](C(N)=O)NC(=O)[C@]3(C)CCCN3C2=O)CC1. The molecule has 3 aromatic rings. The lowest BCUT2D eigenvalue weighted by Crippen LogP contribution is -2.63. The van der Waals surface area contributed by atoms with E-state index in [1.54, 1.807) is 50.6 Å². The number of amides is 10. The first kappa shape index (κ1) is 64.1. The number of aromatic amines is 1. The number of hydrogen-bond donors (Lipinski definition) is 8. The molecule has 458 valence electrons. The van der Waals surface area contributed by atoms with Gasteiger partial charge in [-0.3, -0.25) is 47.9 Å². The average Bonchev–Trinajstić information content (AvgIpc) is 3.63. The average molecular weight is 1170 g/mol. The number of aromatic nitrogens is 1. The van der Waals surface area contributed by atoms with Crippen LogP contribution in [0.5, 0.6) is 0 Å². The number of fused-ring (bicyclic) bond motifs is 23. The Balaban J connectivity index is 1.16. The quantitative estimate of drug-likeness (QED) is 0.177. The van der Waals surface area contributed by atoms with Crippen LogP contribution < -0.4 is 37.6 Å². The molecule has 23 heteroatoms. The maximum Gasteiger partial charge on any atom is 0.251 e. The fraction of sp³-hybridized carbons (Fsp3) is 0.607. The van der Waals surface area contributed by atoms with E-state index >= 15 is 0 Å². The number of halogens is 1. The van der Waals surface area contributed by atoms with Crippen LogP contribution in [0.2, 0.25) is 0 Å². The maximum absolute atomic E-state index is 15.0. The molecular formula is C61H86FN11O11. The van der Waals surface area contributed by atoms with E-state index in [4.69, 9.17) is 10.5 Å². The standard InChI is InChI=1S/C61H86FN11O11/c1-39-56(79)69-49(32-41-18-23-45(84-3)24-19-41)59(82)73-30-14-26-61(73,2)60(83)70-48(55(63)78)31-40-16-20-42(21-17-40)57(80)64-27-11-9-10-15-51(74)66-36-54(77)71-28-12-7-5-4-6-8-13-29-72(38-52(75)67-39)58(81)50(68-53(76)37-71)33-43-35-65-47-25-22-44(62)34-46(43)47/h16-17,20-22,25,34-35,39,41,45,48-50,65H,4-15,18-19,23-24,26-33,36-38H2,1-3H3,(H2,63,78)(H,64,80)(H,66,74)(H,67,75)(H,68,76)(H,69,79)(H,70,83)/t39-,41?,45?,48-,49-,50-,61-/m0/s1. The molecule has 5 atom stereocenters. The van der Waals surface area contributed by atoms with Crippen molar-refractivity contribution >= 4 is 70.0 Å². The predicted octanol–water partition coefficient (Wildman–Crippen LogP) is 3.33. The maximum atomic E-state index is 15.0. The Morgan fingerprint density at radius 3 is 2.08 bits per heavy atom. The number of ether oxygens (including phenoxy) is 1. The van der Waals surface area contributed by atoms with Crippen molar-refractivity contribution in [3.8, 4) is 0 Å². The zero-order valence-corrected chi connectivity index (χ0v) is 49.0. The number of rotatable bonds is 6. The summed E-state index contributed by atoms with van der Waals surface area (Å²) in [7, 11) is 1.66. The van der Waals surface area contributed by atoms with Crippen molar-refractivity contribution in [2.24, 2.45) is 11.7 Å². The summed E-state index contributed by atoms with van der Waals surface area (Å²) >= 11 is 0. The molecule has 5 heterocycles. The van der Waals surface area contributed by atoms with Gasteiger partial charge in [0.15, 0.2) is 0 Å². The molecule has 2 saturated heterocycles. The van der Waals surface area contributed by atoms with Gasteiger partial charge in [-0.2, -0.15) is 0 Å². The summed E-state index contributed by atoms with van der Waals surface area (Å²) in [5.74, 6) is -6.32. The number of methoxy groups -OCH3 is 1. The van der Waals surface area contributed by atoms with Gasteiger partial charge in [-0.05, 0) is 132 Å². The molecular weight excluding hydrogens is 1080 g/mol. The van der Waals surface area contributed by atoms with Crippen LogP contribution in [-0.4, -0.2) is 167 Å². The normalized spacial score (nSPS) is 26.6. The number of primary amides is 1. The third kappa shape index (κ3) is 18.0. The highest BCUT2D eigenvalue weighted by molar-refractivity contribution is 5.99. The summed E-state index contributed by atoms with van der Waals surface area (Å²) in [6, 6.07) is 5.85. The van der Waals surface area contributed by atoms with Crippen molar-refractivity contribution in [1.82, 2.24) is 51.6 Å². The summed E-state index contributed by atoms with van der Waals surface area (Å²) in [5, 5.41) is 17.3. The van der Waals surface area contributed by atoms with Gasteiger partial charge in [0, 0.05) is 75.2 Å². The van der Waals surface area contributed by atoms with Crippen molar-refractivity contribution in [2.45, 2.75) is 178 Å². The number of hydrogen-bond acceptors (Lipinski definition) is 11. The lowest BCUT2D eigenvalue weighted by molar-refractivity contribution is -0.147. The lowest BCUT2D eigenvalue weighted by Gasteiger charge is -2.38. The third-order valence-electron chi connectivity index (χ3n) is 17.1. The Kier molecular flexibility index (Phi) is 23.6. The van der Waals surface area contributed by atoms with Crippen LogP contribution in [0.1, 0.15) is 151 Å². The summed E-state index contributed by atoms with van der Waals surface area (Å²) in [6.45, 7) is 2.58. The molecule has 4 aliphatic heterocycles. The Labute approximate surface area is 490 Å². The predicted molar refractivity (Wildman–Crippen MR) is 311 cm³/mol. The molecule has 0 radical (unpaired) electrons. The van der Waals surface area contributed by atoms with Gasteiger partial charge < -0.3 is 62.1 Å². The summed E-state index contributed by atoms with van der Waals surface area (Å²) in [4.78, 5) is 147. The minimum absolute atomic E-state index is 0.000255. The number of carbonyl (C=O) groups excluding carboxylic acids is 10. The van der Waals surface area contributed by atoms with Gasteiger partial charge in [0.1, 0.15) is 35.5 Å². The van der Waals surface area contributed by atoms with Gasteiger partial charge in [-0.1, -0.05) is 50.7 Å². The largest absolute Gasteiger partial charge is 0.381 e. The van der Waals surface area contributed by atoms with Gasteiger partial charge in [-0.25, -0.2) is 4.39 Å². The highest BCUT2D eigenvalue weighted by Gasteiger charge is 2.49. The first-order chi connectivity index (χ1) is 40.3. The molecule has 5 aliphatic rings. The molecule has 84 heavy (non-hydrogen) atoms. The van der Waals surface area contributed by atoms with Crippen LogP contribution in [0.25, 0.3) is 10.9 Å². The number of H-pyrrole nitrogens is 1. The van der Waals surface area contributed by atoms with E-state index in [0.29, 0.717) is 91.9 Å². The summed E-state index contributed by atoms with van der Waals surface area (Å²) in [5.41, 5.74) is 6.49. The van der Waals surface area contributed by atoms with Crippen LogP contribution in [0, 0.1) is 11.7 Å². The number of benzene rings is 2. The zero-order chi connectivity index (χ0) is 60.3. The molecule has 2 aromatic carbocycles. The molecule has 0 unspecified atom stereocenters. The zero-order valence-electron chi connectivity index (χ0n) is 49.0.